The van der Waals surface area contributed by atoms with Crippen molar-refractivity contribution in [1.82, 2.24) is 9.97 Å². The Morgan fingerprint density at radius 2 is 2.00 bits per heavy atom. The largest absolute Gasteiger partial charge is 0.451 e. The minimum absolute atomic E-state index is 0.0653. The second-order valence-corrected chi connectivity index (χ2v) is 5.71. The number of anilines is 1. The van der Waals surface area contributed by atoms with Gasteiger partial charge in [0.05, 0.1) is 18.8 Å². The molecule has 8 heteroatoms. The van der Waals surface area contributed by atoms with Crippen molar-refractivity contribution in [2.24, 2.45) is 0 Å². The van der Waals surface area contributed by atoms with E-state index in [0.717, 1.165) is 25.7 Å². The fraction of sp³-hybridized carbons (Fsp3) is 0.692. The predicted octanol–water partition coefficient (Wildman–Crippen LogP) is 3.30. The lowest BCUT2D eigenvalue weighted by atomic mass is 9.90. The van der Waals surface area contributed by atoms with Crippen molar-refractivity contribution in [2.45, 2.75) is 44.0 Å². The van der Waals surface area contributed by atoms with Crippen LogP contribution in [0.4, 0.5) is 19.0 Å². The summed E-state index contributed by atoms with van der Waals surface area (Å²) in [5.74, 6) is -0.952. The zero-order chi connectivity index (χ0) is 15.0. The van der Waals surface area contributed by atoms with Crippen molar-refractivity contribution in [1.29, 1.82) is 0 Å². The molecule has 0 bridgehead atoms. The summed E-state index contributed by atoms with van der Waals surface area (Å²) < 4.78 is 44.2. The van der Waals surface area contributed by atoms with Crippen LogP contribution in [0.15, 0.2) is 6.07 Å². The predicted molar refractivity (Wildman–Crippen MR) is 71.4 cm³/mol. The van der Waals surface area contributed by atoms with Crippen LogP contribution >= 0.6 is 11.6 Å². The molecule has 0 N–H and O–H groups in total. The highest BCUT2D eigenvalue weighted by atomic mass is 35.5. The zero-order valence-corrected chi connectivity index (χ0v) is 12.0. The lowest BCUT2D eigenvalue weighted by Gasteiger charge is -2.44. The van der Waals surface area contributed by atoms with Gasteiger partial charge in [-0.15, -0.1) is 0 Å². The van der Waals surface area contributed by atoms with Crippen LogP contribution in [0.2, 0.25) is 5.15 Å². The molecule has 2 heterocycles. The summed E-state index contributed by atoms with van der Waals surface area (Å²) in [6.45, 7) is 1.01. The third-order valence-corrected chi connectivity index (χ3v) is 4.15. The summed E-state index contributed by atoms with van der Waals surface area (Å²) >= 11 is 5.74. The molecule has 2 atom stereocenters. The van der Waals surface area contributed by atoms with Crippen molar-refractivity contribution in [3.8, 4) is 0 Å². The lowest BCUT2D eigenvalue weighted by Crippen LogP contribution is -2.53. The maximum absolute atomic E-state index is 12.8. The van der Waals surface area contributed by atoms with Crippen LogP contribution in [0.5, 0.6) is 0 Å². The fourth-order valence-corrected chi connectivity index (χ4v) is 3.24. The number of hydrogen-bond donors (Lipinski definition) is 0. The topological polar surface area (TPSA) is 38.2 Å². The van der Waals surface area contributed by atoms with E-state index in [9.17, 15) is 13.2 Å². The van der Waals surface area contributed by atoms with Crippen molar-refractivity contribution >= 4 is 17.4 Å². The number of rotatable bonds is 1. The lowest BCUT2D eigenvalue weighted by molar-refractivity contribution is -0.144. The van der Waals surface area contributed by atoms with E-state index in [1.807, 2.05) is 4.90 Å². The molecule has 1 aromatic rings. The highest BCUT2D eigenvalue weighted by Crippen LogP contribution is 2.34. The van der Waals surface area contributed by atoms with Gasteiger partial charge in [0, 0.05) is 12.6 Å². The number of hydrogen-bond acceptors (Lipinski definition) is 4. The average molecular weight is 322 g/mol. The first-order chi connectivity index (χ1) is 9.95. The molecule has 3 rings (SSSR count). The SMILES string of the molecule is FC(F)(F)c1nc(Cl)cc(N2CCOC3CCCCC32)n1. The number of halogens is 4. The van der Waals surface area contributed by atoms with Gasteiger partial charge in [0.1, 0.15) is 11.0 Å². The summed E-state index contributed by atoms with van der Waals surface area (Å²) in [4.78, 5) is 8.83. The minimum atomic E-state index is -4.60. The van der Waals surface area contributed by atoms with Crippen LogP contribution in [-0.2, 0) is 10.9 Å². The Bertz CT molecular complexity index is 524. The number of ether oxygens (including phenoxy) is 1. The van der Waals surface area contributed by atoms with Gasteiger partial charge in [-0.3, -0.25) is 0 Å². The molecule has 4 nitrogen and oxygen atoms in total. The molecule has 0 amide bonds. The highest BCUT2D eigenvalue weighted by Gasteiger charge is 2.38. The molecule has 1 saturated carbocycles. The van der Waals surface area contributed by atoms with E-state index in [0.29, 0.717) is 13.2 Å². The zero-order valence-electron chi connectivity index (χ0n) is 11.2. The van der Waals surface area contributed by atoms with Gasteiger partial charge in [0.25, 0.3) is 0 Å². The summed E-state index contributed by atoms with van der Waals surface area (Å²) in [6, 6.07) is 1.47. The van der Waals surface area contributed by atoms with Crippen molar-refractivity contribution in [2.75, 3.05) is 18.1 Å². The maximum atomic E-state index is 12.8. The first-order valence-corrected chi connectivity index (χ1v) is 7.33. The van der Waals surface area contributed by atoms with E-state index in [1.165, 1.54) is 6.07 Å². The Morgan fingerprint density at radius 1 is 1.24 bits per heavy atom. The Hall–Kier alpha value is -1.08. The van der Waals surface area contributed by atoms with Gasteiger partial charge < -0.3 is 9.64 Å². The van der Waals surface area contributed by atoms with Crippen molar-refractivity contribution in [3.05, 3.63) is 17.0 Å². The smallest absolute Gasteiger partial charge is 0.374 e. The van der Waals surface area contributed by atoms with E-state index in [1.54, 1.807) is 0 Å². The molecule has 0 radical (unpaired) electrons. The quantitative estimate of drug-likeness (QED) is 0.744. The number of alkyl halides is 3. The highest BCUT2D eigenvalue weighted by molar-refractivity contribution is 6.29. The normalized spacial score (nSPS) is 26.6. The second kappa shape index (κ2) is 5.61. The van der Waals surface area contributed by atoms with Gasteiger partial charge in [-0.2, -0.15) is 13.2 Å². The van der Waals surface area contributed by atoms with Crippen molar-refractivity contribution in [3.63, 3.8) is 0 Å². The molecule has 0 spiro atoms. The van der Waals surface area contributed by atoms with Crippen LogP contribution in [0.1, 0.15) is 31.5 Å². The Labute approximate surface area is 125 Å². The van der Waals surface area contributed by atoms with E-state index >= 15 is 0 Å². The van der Waals surface area contributed by atoms with Gasteiger partial charge in [-0.1, -0.05) is 24.4 Å². The second-order valence-electron chi connectivity index (χ2n) is 5.32. The van der Waals surface area contributed by atoms with Gasteiger partial charge in [0.15, 0.2) is 0 Å². The third-order valence-electron chi connectivity index (χ3n) is 3.96. The number of morpholine rings is 1. The summed E-state index contributed by atoms with van der Waals surface area (Å²) in [6.07, 6.45) is -0.563. The number of aromatic nitrogens is 2. The molecule has 116 valence electrons. The standard InChI is InChI=1S/C13H15ClF3N3O/c14-10-7-11(19-12(18-10)13(15,16)17)20-5-6-21-9-4-2-1-3-8(9)20/h7-9H,1-6H2. The molecule has 1 saturated heterocycles. The van der Waals surface area contributed by atoms with E-state index in [4.69, 9.17) is 16.3 Å². The molecule has 21 heavy (non-hydrogen) atoms. The van der Waals surface area contributed by atoms with Crippen LogP contribution in [0, 0.1) is 0 Å². The van der Waals surface area contributed by atoms with E-state index in [-0.39, 0.29) is 23.1 Å². The van der Waals surface area contributed by atoms with Gasteiger partial charge in [-0.25, -0.2) is 9.97 Å². The molecule has 0 aromatic carbocycles. The monoisotopic (exact) mass is 321 g/mol. The first kappa shape index (κ1) is 14.8. The Morgan fingerprint density at radius 3 is 2.76 bits per heavy atom. The van der Waals surface area contributed by atoms with Crippen molar-refractivity contribution < 1.29 is 17.9 Å². The maximum Gasteiger partial charge on any atom is 0.451 e. The molecule has 2 unspecified atom stereocenters. The number of nitrogens with zero attached hydrogens (tertiary/aromatic N) is 3. The van der Waals surface area contributed by atoms with Crippen LogP contribution in [-0.4, -0.2) is 35.3 Å². The molecular formula is C13H15ClF3N3O. The van der Waals surface area contributed by atoms with Crippen LogP contribution < -0.4 is 4.90 Å². The molecular weight excluding hydrogens is 307 g/mol. The molecule has 2 aliphatic rings. The third kappa shape index (κ3) is 3.08. The van der Waals surface area contributed by atoms with Gasteiger partial charge in [-0.05, 0) is 12.8 Å². The molecule has 1 aliphatic heterocycles. The summed E-state index contributed by atoms with van der Waals surface area (Å²) in [5, 5.41) is -0.189. The molecule has 1 aromatic heterocycles. The fourth-order valence-electron chi connectivity index (χ4n) is 3.06. The Balaban J connectivity index is 1.93. The van der Waals surface area contributed by atoms with Crippen LogP contribution in [0.3, 0.4) is 0 Å². The van der Waals surface area contributed by atoms with Gasteiger partial charge in [0.2, 0.25) is 5.82 Å². The minimum Gasteiger partial charge on any atom is -0.374 e. The average Bonchev–Trinajstić information content (AvgIpc) is 2.45. The Kier molecular flexibility index (Phi) is 3.96. The van der Waals surface area contributed by atoms with Crippen LogP contribution in [0.25, 0.3) is 0 Å². The number of fused-ring (bicyclic) bond motifs is 1. The first-order valence-electron chi connectivity index (χ1n) is 6.95. The summed E-state index contributed by atoms with van der Waals surface area (Å²) in [7, 11) is 0. The van der Waals surface area contributed by atoms with Gasteiger partial charge >= 0.3 is 6.18 Å². The molecule has 2 fully saturated rings. The van der Waals surface area contributed by atoms with E-state index < -0.39 is 12.0 Å². The van der Waals surface area contributed by atoms with E-state index in [2.05, 4.69) is 9.97 Å². The molecule has 1 aliphatic carbocycles. The summed E-state index contributed by atoms with van der Waals surface area (Å²) in [5.41, 5.74) is 0.